The molecule has 2 heterocycles. The molecule has 1 aromatic rings. The van der Waals surface area contributed by atoms with Crippen molar-refractivity contribution in [3.05, 3.63) is 41.2 Å². The molecule has 0 saturated carbocycles. The highest BCUT2D eigenvalue weighted by Gasteiger charge is 2.36. The molecular formula is C19H25N5O2. The molecule has 0 bridgehead atoms. The van der Waals surface area contributed by atoms with Crippen LogP contribution in [0.2, 0.25) is 0 Å². The van der Waals surface area contributed by atoms with Crippen molar-refractivity contribution in [2.45, 2.75) is 39.3 Å². The van der Waals surface area contributed by atoms with E-state index in [4.69, 9.17) is 5.26 Å². The smallest absolute Gasteiger partial charge is 0.253 e. The number of rotatable bonds is 6. The van der Waals surface area contributed by atoms with Gasteiger partial charge in [-0.2, -0.15) is 5.26 Å². The summed E-state index contributed by atoms with van der Waals surface area (Å²) >= 11 is 0. The molecule has 1 fully saturated rings. The number of likely N-dealkylation sites (tertiary alicyclic amines) is 1. The van der Waals surface area contributed by atoms with Crippen LogP contribution >= 0.6 is 0 Å². The fourth-order valence-electron chi connectivity index (χ4n) is 2.94. The van der Waals surface area contributed by atoms with Crippen LogP contribution < -0.4 is 10.6 Å². The van der Waals surface area contributed by atoms with E-state index >= 15 is 0 Å². The quantitative estimate of drug-likeness (QED) is 0.748. The average molecular weight is 355 g/mol. The van der Waals surface area contributed by atoms with Crippen LogP contribution in [0, 0.1) is 11.3 Å². The van der Waals surface area contributed by atoms with Crippen molar-refractivity contribution in [3.63, 3.8) is 0 Å². The minimum absolute atomic E-state index is 0.00792. The Hall–Kier alpha value is -2.72. The summed E-state index contributed by atoms with van der Waals surface area (Å²) in [5.74, 6) is -0.253. The first-order valence-corrected chi connectivity index (χ1v) is 8.76. The zero-order valence-corrected chi connectivity index (χ0v) is 15.5. The highest BCUT2D eigenvalue weighted by Crippen LogP contribution is 2.19. The molecule has 1 aliphatic rings. The van der Waals surface area contributed by atoms with E-state index in [2.05, 4.69) is 26.6 Å². The van der Waals surface area contributed by atoms with Gasteiger partial charge in [-0.25, -0.2) is 4.98 Å². The summed E-state index contributed by atoms with van der Waals surface area (Å²) < 4.78 is 0. The number of amides is 2. The summed E-state index contributed by atoms with van der Waals surface area (Å²) in [5.41, 5.74) is 1.86. The Morgan fingerprint density at radius 2 is 2.19 bits per heavy atom. The third kappa shape index (κ3) is 5.14. The van der Waals surface area contributed by atoms with Crippen molar-refractivity contribution < 1.29 is 9.59 Å². The lowest BCUT2D eigenvalue weighted by Gasteiger charge is -2.21. The first-order valence-electron chi connectivity index (χ1n) is 8.76. The van der Waals surface area contributed by atoms with Gasteiger partial charge in [0.1, 0.15) is 11.8 Å². The number of carbonyl (C=O) groups excluding carboxylic acids is 2. The van der Waals surface area contributed by atoms with E-state index in [1.165, 1.54) is 17.8 Å². The summed E-state index contributed by atoms with van der Waals surface area (Å²) in [6.07, 6.45) is 4.05. The monoisotopic (exact) mass is 355 g/mol. The molecule has 1 aliphatic heterocycles. The fourth-order valence-corrected chi connectivity index (χ4v) is 2.94. The number of aromatic nitrogens is 1. The summed E-state index contributed by atoms with van der Waals surface area (Å²) in [4.78, 5) is 30.8. The molecule has 0 radical (unpaired) electrons. The van der Waals surface area contributed by atoms with Gasteiger partial charge in [-0.1, -0.05) is 11.6 Å². The van der Waals surface area contributed by atoms with Crippen LogP contribution in [0.25, 0.3) is 0 Å². The predicted octanol–water partition coefficient (Wildman–Crippen LogP) is 1.23. The first-order chi connectivity index (χ1) is 12.4. The molecule has 0 aliphatic carbocycles. The lowest BCUT2D eigenvalue weighted by atomic mass is 10.1. The second-order valence-electron chi connectivity index (χ2n) is 6.60. The number of nitrogens with one attached hydrogen (secondary N) is 2. The first kappa shape index (κ1) is 19.6. The average Bonchev–Trinajstić information content (AvgIpc) is 3.03. The van der Waals surface area contributed by atoms with Crippen LogP contribution in [0.5, 0.6) is 0 Å². The highest BCUT2D eigenvalue weighted by atomic mass is 16.2. The maximum Gasteiger partial charge on any atom is 0.253 e. The Labute approximate surface area is 154 Å². The van der Waals surface area contributed by atoms with Crippen molar-refractivity contribution >= 4 is 11.8 Å². The van der Waals surface area contributed by atoms with Crippen molar-refractivity contribution in [2.24, 2.45) is 0 Å². The van der Waals surface area contributed by atoms with Gasteiger partial charge in [0.15, 0.2) is 0 Å². The number of nitriles is 1. The molecule has 2 N–H and O–H groups in total. The van der Waals surface area contributed by atoms with Gasteiger partial charge in [-0.15, -0.1) is 0 Å². The van der Waals surface area contributed by atoms with Gasteiger partial charge in [0.05, 0.1) is 11.6 Å². The Morgan fingerprint density at radius 3 is 2.77 bits per heavy atom. The predicted molar refractivity (Wildman–Crippen MR) is 98.3 cm³/mol. The minimum Gasteiger partial charge on any atom is -0.355 e. The topological polar surface area (TPSA) is 98.1 Å². The number of hydrogen-bond donors (Lipinski definition) is 2. The second-order valence-corrected chi connectivity index (χ2v) is 6.60. The number of nitrogens with zero attached hydrogens (tertiary/aromatic N) is 3. The van der Waals surface area contributed by atoms with E-state index in [9.17, 15) is 9.59 Å². The van der Waals surface area contributed by atoms with E-state index < -0.39 is 0 Å². The molecule has 0 spiro atoms. The van der Waals surface area contributed by atoms with Gasteiger partial charge in [0, 0.05) is 31.9 Å². The van der Waals surface area contributed by atoms with E-state index in [-0.39, 0.29) is 29.6 Å². The minimum atomic E-state index is -0.255. The van der Waals surface area contributed by atoms with Gasteiger partial charge in [0.25, 0.3) is 5.91 Å². The van der Waals surface area contributed by atoms with Gasteiger partial charge in [-0.3, -0.25) is 14.5 Å². The lowest BCUT2D eigenvalue weighted by Crippen LogP contribution is -2.43. The highest BCUT2D eigenvalue weighted by molar-refractivity contribution is 5.94. The maximum atomic E-state index is 12.4. The van der Waals surface area contributed by atoms with Crippen LogP contribution in [0.3, 0.4) is 0 Å². The maximum absolute atomic E-state index is 12.4. The Morgan fingerprint density at radius 1 is 1.42 bits per heavy atom. The molecular weight excluding hydrogens is 330 g/mol. The fraction of sp³-hybridized carbons (Fsp3) is 0.474. The summed E-state index contributed by atoms with van der Waals surface area (Å²) in [5, 5.41) is 14.6. The molecule has 1 aromatic heterocycles. The number of pyridine rings is 1. The zero-order valence-electron chi connectivity index (χ0n) is 15.5. The summed E-state index contributed by atoms with van der Waals surface area (Å²) in [6.45, 7) is 7.81. The zero-order chi connectivity index (χ0) is 19.1. The third-order valence-corrected chi connectivity index (χ3v) is 4.27. The molecule has 2 rings (SSSR count). The normalized spacial score (nSPS) is 19.5. The number of likely N-dealkylation sites (N-methyl/N-ethyl adjacent to an activating group) is 1. The van der Waals surface area contributed by atoms with E-state index in [1.807, 2.05) is 26.8 Å². The van der Waals surface area contributed by atoms with Gasteiger partial charge in [0.2, 0.25) is 5.91 Å². The van der Waals surface area contributed by atoms with Gasteiger partial charge in [-0.05, 0) is 39.3 Å². The number of carbonyl (C=O) groups is 2. The largest absolute Gasteiger partial charge is 0.355 e. The van der Waals surface area contributed by atoms with Crippen LogP contribution in [0.1, 0.15) is 43.2 Å². The molecule has 0 unspecified atom stereocenters. The lowest BCUT2D eigenvalue weighted by molar-refractivity contribution is -0.125. The molecule has 7 nitrogen and oxygen atoms in total. The molecule has 138 valence electrons. The van der Waals surface area contributed by atoms with Crippen molar-refractivity contribution in [1.29, 1.82) is 5.26 Å². The number of hydrogen-bond acceptors (Lipinski definition) is 5. The molecule has 0 aromatic carbocycles. The molecule has 2 amide bonds. The van der Waals surface area contributed by atoms with Crippen molar-refractivity contribution in [1.82, 2.24) is 20.5 Å². The second kappa shape index (κ2) is 9.11. The third-order valence-electron chi connectivity index (χ3n) is 4.27. The molecule has 1 saturated heterocycles. The Kier molecular flexibility index (Phi) is 6.87. The Balaban J connectivity index is 2.04. The molecule has 2 atom stereocenters. The van der Waals surface area contributed by atoms with E-state index in [1.54, 1.807) is 6.07 Å². The Bertz CT molecular complexity index is 716. The van der Waals surface area contributed by atoms with Crippen molar-refractivity contribution in [2.75, 3.05) is 19.6 Å². The molecule has 26 heavy (non-hydrogen) atoms. The standard InChI is InChI=1S/C19H25N5O2/c1-4-21-19(26)17-9-16(12-24(17)8-7-13(2)3)23-18(25)14-5-6-15(10-20)22-11-14/h5-7,11,16-17H,4,8-9,12H2,1-3H3,(H,21,26)(H,23,25)/t16-,17+/m1/s1. The summed E-state index contributed by atoms with van der Waals surface area (Å²) in [6, 6.07) is 4.65. The van der Waals surface area contributed by atoms with Gasteiger partial charge < -0.3 is 10.6 Å². The van der Waals surface area contributed by atoms with E-state index in [0.717, 1.165) is 0 Å². The van der Waals surface area contributed by atoms with Crippen LogP contribution in [0.4, 0.5) is 0 Å². The summed E-state index contributed by atoms with van der Waals surface area (Å²) in [7, 11) is 0. The number of allylic oxidation sites excluding steroid dienone is 1. The van der Waals surface area contributed by atoms with Crippen LogP contribution in [0.15, 0.2) is 30.0 Å². The SMILES string of the molecule is CCNC(=O)[C@@H]1C[C@@H](NC(=O)c2ccc(C#N)nc2)CN1CC=C(C)C. The van der Waals surface area contributed by atoms with Crippen molar-refractivity contribution in [3.8, 4) is 6.07 Å². The van der Waals surface area contributed by atoms with Crippen LogP contribution in [-0.4, -0.2) is 53.4 Å². The molecule has 7 heteroatoms. The van der Waals surface area contributed by atoms with Crippen LogP contribution in [-0.2, 0) is 4.79 Å². The van der Waals surface area contributed by atoms with Gasteiger partial charge >= 0.3 is 0 Å². The van der Waals surface area contributed by atoms with E-state index in [0.29, 0.717) is 31.6 Å².